The van der Waals surface area contributed by atoms with E-state index >= 15 is 0 Å². The molecule has 5 aromatic carbocycles. The molecular weight excluding hydrogens is 554 g/mol. The summed E-state index contributed by atoms with van der Waals surface area (Å²) in [5.41, 5.74) is 6.67. The van der Waals surface area contributed by atoms with E-state index < -0.39 is 5.97 Å². The van der Waals surface area contributed by atoms with Crippen molar-refractivity contribution in [3.05, 3.63) is 126 Å². The number of hydrogen-bond acceptors (Lipinski definition) is 6. The third kappa shape index (κ3) is 5.73. The van der Waals surface area contributed by atoms with Crippen LogP contribution in [0.25, 0.3) is 32.8 Å². The molecule has 0 spiro atoms. The zero-order valence-corrected chi connectivity index (χ0v) is 24.2. The fourth-order valence-electron chi connectivity index (χ4n) is 5.10. The third-order valence-corrected chi connectivity index (χ3v) is 7.14. The van der Waals surface area contributed by atoms with Gasteiger partial charge in [0.1, 0.15) is 11.4 Å². The number of amides is 1. The van der Waals surface area contributed by atoms with Crippen LogP contribution < -0.4 is 19.6 Å². The number of nitrogens with zero attached hydrogens (tertiary/aromatic N) is 1. The maximum Gasteiger partial charge on any atom is 0.343 e. The predicted molar refractivity (Wildman–Crippen MR) is 172 cm³/mol. The Morgan fingerprint density at radius 2 is 1.66 bits per heavy atom. The number of fused-ring (bicyclic) bond motifs is 3. The topological polar surface area (TPSA) is 102 Å². The molecule has 0 aliphatic rings. The van der Waals surface area contributed by atoms with Gasteiger partial charge in [-0.25, -0.2) is 10.2 Å². The van der Waals surface area contributed by atoms with E-state index in [0.29, 0.717) is 34.9 Å². The van der Waals surface area contributed by atoms with Gasteiger partial charge in [-0.05, 0) is 59.8 Å². The molecule has 44 heavy (non-hydrogen) atoms. The van der Waals surface area contributed by atoms with Crippen LogP contribution in [-0.4, -0.2) is 36.8 Å². The van der Waals surface area contributed by atoms with Crippen molar-refractivity contribution in [1.82, 2.24) is 10.4 Å². The fraction of sp³-hybridized carbons (Fsp3) is 0.0833. The molecule has 2 N–H and O–H groups in total. The summed E-state index contributed by atoms with van der Waals surface area (Å²) in [5.74, 6) is 0.259. The maximum atomic E-state index is 13.5. The molecule has 1 heterocycles. The number of methoxy groups -OCH3 is 1. The standard InChI is InChI=1S/C36H29N3O5/c1-3-43-31-20-23(16-19-30(31)44-36(41)26-13-9-14-27(21-26)42-2)22-37-39-35(40)34-32(25-11-5-4-6-12-25)29-18-17-24-10-7-8-15-28(24)33(29)38-34/h4-22,38H,3H2,1-2H3,(H,39,40). The largest absolute Gasteiger partial charge is 0.497 e. The lowest BCUT2D eigenvalue weighted by molar-refractivity contribution is 0.0727. The molecule has 6 aromatic rings. The summed E-state index contributed by atoms with van der Waals surface area (Å²) in [6.45, 7) is 2.20. The van der Waals surface area contributed by atoms with Gasteiger partial charge >= 0.3 is 5.97 Å². The Hall–Kier alpha value is -5.89. The second-order valence-corrected chi connectivity index (χ2v) is 9.91. The zero-order chi connectivity index (χ0) is 30.5. The van der Waals surface area contributed by atoms with E-state index in [4.69, 9.17) is 14.2 Å². The molecule has 0 saturated heterocycles. The summed E-state index contributed by atoms with van der Waals surface area (Å²) in [4.78, 5) is 29.6. The van der Waals surface area contributed by atoms with Gasteiger partial charge in [-0.1, -0.05) is 72.8 Å². The molecule has 0 bridgehead atoms. The van der Waals surface area contributed by atoms with Gasteiger partial charge in [0, 0.05) is 16.3 Å². The van der Waals surface area contributed by atoms with Crippen molar-refractivity contribution in [3.8, 4) is 28.4 Å². The quantitative estimate of drug-likeness (QED) is 0.0800. The number of aromatic nitrogens is 1. The highest BCUT2D eigenvalue weighted by molar-refractivity contribution is 6.16. The van der Waals surface area contributed by atoms with Crippen LogP contribution in [0, 0.1) is 0 Å². The van der Waals surface area contributed by atoms with Gasteiger partial charge in [-0.15, -0.1) is 0 Å². The molecule has 0 unspecified atom stereocenters. The normalized spacial score (nSPS) is 11.1. The van der Waals surface area contributed by atoms with E-state index in [0.717, 1.165) is 32.8 Å². The molecule has 0 saturated carbocycles. The van der Waals surface area contributed by atoms with E-state index in [1.54, 1.807) is 42.5 Å². The molecule has 0 aliphatic heterocycles. The number of rotatable bonds is 9. The van der Waals surface area contributed by atoms with E-state index in [1.165, 1.54) is 13.3 Å². The second-order valence-electron chi connectivity index (χ2n) is 9.91. The summed E-state index contributed by atoms with van der Waals surface area (Å²) < 4.78 is 16.5. The van der Waals surface area contributed by atoms with Gasteiger partial charge in [0.2, 0.25) is 0 Å². The number of nitrogens with one attached hydrogen (secondary N) is 2. The average Bonchev–Trinajstić information content (AvgIpc) is 3.47. The first-order valence-corrected chi connectivity index (χ1v) is 14.1. The third-order valence-electron chi connectivity index (χ3n) is 7.14. The first kappa shape index (κ1) is 28.2. The molecule has 8 heteroatoms. The van der Waals surface area contributed by atoms with Crippen LogP contribution in [0.15, 0.2) is 114 Å². The Labute approximate surface area is 253 Å². The number of carbonyl (C=O) groups excluding carboxylic acids is 2. The van der Waals surface area contributed by atoms with Crippen molar-refractivity contribution in [3.63, 3.8) is 0 Å². The first-order chi connectivity index (χ1) is 21.6. The Balaban J connectivity index is 1.25. The summed E-state index contributed by atoms with van der Waals surface area (Å²) in [6, 6.07) is 33.7. The van der Waals surface area contributed by atoms with E-state index in [1.807, 2.05) is 67.6 Å². The predicted octanol–water partition coefficient (Wildman–Crippen LogP) is 7.38. The van der Waals surface area contributed by atoms with Gasteiger partial charge in [0.25, 0.3) is 5.91 Å². The molecule has 1 amide bonds. The summed E-state index contributed by atoms with van der Waals surface area (Å²) in [5, 5.41) is 7.28. The van der Waals surface area contributed by atoms with Crippen LogP contribution >= 0.6 is 0 Å². The van der Waals surface area contributed by atoms with Crippen LogP contribution in [0.4, 0.5) is 0 Å². The lowest BCUT2D eigenvalue weighted by atomic mass is 9.99. The van der Waals surface area contributed by atoms with Gasteiger partial charge in [-0.2, -0.15) is 5.10 Å². The molecule has 8 nitrogen and oxygen atoms in total. The molecule has 218 valence electrons. The van der Waals surface area contributed by atoms with Crippen molar-refractivity contribution < 1.29 is 23.8 Å². The van der Waals surface area contributed by atoms with Gasteiger partial charge < -0.3 is 19.2 Å². The van der Waals surface area contributed by atoms with E-state index in [2.05, 4.69) is 21.6 Å². The number of aromatic amines is 1. The first-order valence-electron chi connectivity index (χ1n) is 14.1. The molecule has 1 aromatic heterocycles. The maximum absolute atomic E-state index is 13.5. The van der Waals surface area contributed by atoms with Crippen molar-refractivity contribution >= 4 is 39.8 Å². The van der Waals surface area contributed by atoms with Gasteiger partial charge in [0.05, 0.1) is 31.0 Å². The molecule has 0 radical (unpaired) electrons. The lowest BCUT2D eigenvalue weighted by Gasteiger charge is -2.11. The van der Waals surface area contributed by atoms with Crippen LogP contribution in [-0.2, 0) is 0 Å². The van der Waals surface area contributed by atoms with Crippen LogP contribution in [0.2, 0.25) is 0 Å². The minimum atomic E-state index is -0.543. The van der Waals surface area contributed by atoms with Crippen molar-refractivity contribution in [2.24, 2.45) is 5.10 Å². The molecular formula is C36H29N3O5. The fourth-order valence-corrected chi connectivity index (χ4v) is 5.10. The summed E-state index contributed by atoms with van der Waals surface area (Å²) in [6.07, 6.45) is 1.51. The van der Waals surface area contributed by atoms with Crippen LogP contribution in [0.3, 0.4) is 0 Å². The van der Waals surface area contributed by atoms with E-state index in [-0.39, 0.29) is 11.7 Å². The smallest absolute Gasteiger partial charge is 0.343 e. The summed E-state index contributed by atoms with van der Waals surface area (Å²) in [7, 11) is 1.53. The van der Waals surface area contributed by atoms with Gasteiger partial charge in [-0.3, -0.25) is 4.79 Å². The second kappa shape index (κ2) is 12.5. The number of benzene rings is 5. The number of ether oxygens (including phenoxy) is 3. The van der Waals surface area contributed by atoms with Crippen molar-refractivity contribution in [2.75, 3.05) is 13.7 Å². The van der Waals surface area contributed by atoms with E-state index in [9.17, 15) is 9.59 Å². The average molecular weight is 584 g/mol. The monoisotopic (exact) mass is 583 g/mol. The highest BCUT2D eigenvalue weighted by Crippen LogP contribution is 2.36. The minimum absolute atomic E-state index is 0.263. The lowest BCUT2D eigenvalue weighted by Crippen LogP contribution is -2.18. The number of H-pyrrole nitrogens is 1. The SMILES string of the molecule is CCOc1cc(C=NNC(=O)c2[nH]c3c(ccc4ccccc43)c2-c2ccccc2)ccc1OC(=O)c1cccc(OC)c1. The Morgan fingerprint density at radius 3 is 2.48 bits per heavy atom. The van der Waals surface area contributed by atoms with Crippen LogP contribution in [0.5, 0.6) is 17.2 Å². The Kier molecular flexibility index (Phi) is 8.05. The van der Waals surface area contributed by atoms with Crippen molar-refractivity contribution in [2.45, 2.75) is 6.92 Å². The molecule has 0 fully saturated rings. The molecule has 0 aliphatic carbocycles. The molecule has 6 rings (SSSR count). The number of esters is 1. The minimum Gasteiger partial charge on any atom is -0.497 e. The van der Waals surface area contributed by atoms with Crippen molar-refractivity contribution in [1.29, 1.82) is 0 Å². The Bertz CT molecular complexity index is 2010. The highest BCUT2D eigenvalue weighted by Gasteiger charge is 2.20. The number of carbonyl (C=O) groups is 2. The van der Waals surface area contributed by atoms with Crippen LogP contribution in [0.1, 0.15) is 33.3 Å². The number of hydrazone groups is 1. The zero-order valence-electron chi connectivity index (χ0n) is 24.2. The number of hydrogen-bond donors (Lipinski definition) is 2. The Morgan fingerprint density at radius 1 is 0.841 bits per heavy atom. The molecule has 0 atom stereocenters. The van der Waals surface area contributed by atoms with Gasteiger partial charge in [0.15, 0.2) is 11.5 Å². The highest BCUT2D eigenvalue weighted by atomic mass is 16.6. The summed E-state index contributed by atoms with van der Waals surface area (Å²) >= 11 is 0.